The molecule has 2 aromatic heterocycles. The van der Waals surface area contributed by atoms with Crippen molar-refractivity contribution in [1.29, 1.82) is 0 Å². The summed E-state index contributed by atoms with van der Waals surface area (Å²) in [5.74, 6) is 3.21. The Balaban J connectivity index is 1.16. The SMILES string of the molecule is Cc1cc2c3c(c1)c1cc(C)c(Oc4cc(C5=N[C@H](c6ccccc6)[C@@H](c6ccccc6)O5)c(C)cc4C)cc1n3-c1ncccc1C2(C)C. The fourth-order valence-corrected chi connectivity index (χ4v) is 8.06. The lowest BCUT2D eigenvalue weighted by Crippen LogP contribution is -2.27. The van der Waals surface area contributed by atoms with E-state index in [1.54, 1.807) is 0 Å². The van der Waals surface area contributed by atoms with Gasteiger partial charge in [-0.05, 0) is 85.3 Å². The normalized spacial score (nSPS) is 17.4. The topological polar surface area (TPSA) is 48.6 Å². The highest BCUT2D eigenvalue weighted by Crippen LogP contribution is 2.49. The number of aryl methyl sites for hydroxylation is 4. The molecular weight excluding hydrogens is 615 g/mol. The molecule has 0 unspecified atom stereocenters. The maximum atomic E-state index is 6.88. The summed E-state index contributed by atoms with van der Waals surface area (Å²) in [5.41, 5.74) is 12.3. The average Bonchev–Trinajstić information content (AvgIpc) is 3.69. The first-order valence-corrected chi connectivity index (χ1v) is 17.4. The molecule has 2 aliphatic rings. The van der Waals surface area contributed by atoms with Gasteiger partial charge in [-0.1, -0.05) is 98.3 Å². The third kappa shape index (κ3) is 4.60. The van der Waals surface area contributed by atoms with Crippen LogP contribution >= 0.6 is 0 Å². The molecule has 2 aliphatic heterocycles. The molecular formula is C45H39N3O2. The van der Waals surface area contributed by atoms with Gasteiger partial charge in [0.2, 0.25) is 5.90 Å². The average molecular weight is 654 g/mol. The second-order valence-corrected chi connectivity index (χ2v) is 14.5. The summed E-state index contributed by atoms with van der Waals surface area (Å²) in [4.78, 5) is 10.2. The van der Waals surface area contributed by atoms with Crippen molar-refractivity contribution in [3.63, 3.8) is 0 Å². The van der Waals surface area contributed by atoms with E-state index >= 15 is 0 Å². The Morgan fingerprint density at radius 1 is 0.680 bits per heavy atom. The van der Waals surface area contributed by atoms with Crippen molar-refractivity contribution in [2.24, 2.45) is 4.99 Å². The number of aliphatic imine (C=N–C) groups is 1. The minimum Gasteiger partial charge on any atom is -0.467 e. The van der Waals surface area contributed by atoms with Crippen molar-refractivity contribution < 1.29 is 9.47 Å². The van der Waals surface area contributed by atoms with Crippen LogP contribution in [0.25, 0.3) is 27.6 Å². The van der Waals surface area contributed by atoms with Gasteiger partial charge in [-0.25, -0.2) is 9.98 Å². The molecule has 7 aromatic rings. The molecule has 2 atom stereocenters. The lowest BCUT2D eigenvalue weighted by molar-refractivity contribution is 0.197. The van der Waals surface area contributed by atoms with Crippen molar-refractivity contribution in [3.8, 4) is 17.3 Å². The number of pyridine rings is 1. The van der Waals surface area contributed by atoms with Crippen LogP contribution in [0.3, 0.4) is 0 Å². The van der Waals surface area contributed by atoms with E-state index in [9.17, 15) is 0 Å². The third-order valence-corrected chi connectivity index (χ3v) is 10.7. The van der Waals surface area contributed by atoms with Gasteiger partial charge in [-0.2, -0.15) is 0 Å². The quantitative estimate of drug-likeness (QED) is 0.186. The monoisotopic (exact) mass is 653 g/mol. The van der Waals surface area contributed by atoms with Crippen LogP contribution in [0, 0.1) is 27.7 Å². The van der Waals surface area contributed by atoms with E-state index in [0.29, 0.717) is 5.90 Å². The first-order valence-electron chi connectivity index (χ1n) is 17.4. The second-order valence-electron chi connectivity index (χ2n) is 14.5. The van der Waals surface area contributed by atoms with Crippen molar-refractivity contribution in [3.05, 3.63) is 165 Å². The van der Waals surface area contributed by atoms with Gasteiger partial charge in [-0.3, -0.25) is 4.57 Å². The van der Waals surface area contributed by atoms with E-state index in [1.165, 1.54) is 33.0 Å². The number of aromatic nitrogens is 2. The zero-order valence-corrected chi connectivity index (χ0v) is 29.3. The zero-order valence-electron chi connectivity index (χ0n) is 29.3. The van der Waals surface area contributed by atoms with Gasteiger partial charge in [0.25, 0.3) is 0 Å². The van der Waals surface area contributed by atoms with E-state index in [4.69, 9.17) is 19.5 Å². The molecule has 0 saturated heterocycles. The number of hydrogen-bond donors (Lipinski definition) is 0. The molecule has 5 heteroatoms. The number of hydrogen-bond acceptors (Lipinski definition) is 4. The van der Waals surface area contributed by atoms with Crippen LogP contribution in [0.2, 0.25) is 0 Å². The first-order chi connectivity index (χ1) is 24.2. The van der Waals surface area contributed by atoms with Gasteiger partial charge in [0.1, 0.15) is 23.4 Å². The largest absolute Gasteiger partial charge is 0.467 e. The van der Waals surface area contributed by atoms with Crippen LogP contribution in [0.5, 0.6) is 11.5 Å². The van der Waals surface area contributed by atoms with Crippen LogP contribution in [-0.2, 0) is 10.2 Å². The molecule has 246 valence electrons. The number of fused-ring (bicyclic) bond motifs is 5. The molecule has 0 spiro atoms. The maximum absolute atomic E-state index is 6.88. The summed E-state index contributed by atoms with van der Waals surface area (Å²) in [6.45, 7) is 13.2. The van der Waals surface area contributed by atoms with E-state index in [1.807, 2.05) is 24.4 Å². The molecule has 0 fully saturated rings. The molecule has 0 bridgehead atoms. The molecule has 0 aliphatic carbocycles. The Kier molecular flexibility index (Phi) is 6.79. The van der Waals surface area contributed by atoms with Crippen molar-refractivity contribution in [2.75, 3.05) is 0 Å². The molecule has 5 nitrogen and oxygen atoms in total. The van der Waals surface area contributed by atoms with E-state index < -0.39 is 0 Å². The summed E-state index contributed by atoms with van der Waals surface area (Å²) in [6.07, 6.45) is 1.67. The molecule has 9 rings (SSSR count). The Morgan fingerprint density at radius 3 is 2.14 bits per heavy atom. The summed E-state index contributed by atoms with van der Waals surface area (Å²) in [5, 5.41) is 2.46. The first kappa shape index (κ1) is 30.4. The Hall–Kier alpha value is -5.68. The minimum absolute atomic E-state index is 0.154. The van der Waals surface area contributed by atoms with E-state index in [0.717, 1.165) is 56.2 Å². The summed E-state index contributed by atoms with van der Waals surface area (Å²) in [7, 11) is 0. The number of nitrogens with zero attached hydrogens (tertiary/aromatic N) is 3. The number of rotatable bonds is 5. The lowest BCUT2D eigenvalue weighted by Gasteiger charge is -2.34. The van der Waals surface area contributed by atoms with E-state index in [2.05, 4.69) is 137 Å². The zero-order chi connectivity index (χ0) is 34.3. The standard InChI is InChI=1S/C45H39N3O2/c1-26-20-34-33-23-29(4)39(25-37(33)48-41(34)36(21-26)45(5,6)35-18-13-19-46-43(35)48)49-38-24-32(27(2)22-28(38)3)44-47-40(30-14-9-7-10-15-30)42(50-44)31-16-11-8-12-17-31/h7-25,40,42H,1-6H3/t40-,42-/m1/s1. The van der Waals surface area contributed by atoms with Crippen LogP contribution in [0.15, 0.2) is 120 Å². The molecule has 0 radical (unpaired) electrons. The Bertz CT molecular complexity index is 2510. The van der Waals surface area contributed by atoms with Gasteiger partial charge in [0, 0.05) is 39.6 Å². The molecule has 5 aromatic carbocycles. The second kappa shape index (κ2) is 11.2. The highest BCUT2D eigenvalue weighted by Gasteiger charge is 2.37. The van der Waals surface area contributed by atoms with Crippen molar-refractivity contribution >= 4 is 27.7 Å². The van der Waals surface area contributed by atoms with Crippen LogP contribution in [-0.4, -0.2) is 15.4 Å². The van der Waals surface area contributed by atoms with Gasteiger partial charge in [0.05, 0.1) is 11.0 Å². The number of benzene rings is 5. The summed E-state index contributed by atoms with van der Waals surface area (Å²) < 4.78 is 16.0. The van der Waals surface area contributed by atoms with Crippen LogP contribution < -0.4 is 4.74 Å². The lowest BCUT2D eigenvalue weighted by atomic mass is 9.75. The molecule has 50 heavy (non-hydrogen) atoms. The van der Waals surface area contributed by atoms with E-state index in [-0.39, 0.29) is 17.6 Å². The molecule has 4 heterocycles. The predicted octanol–water partition coefficient (Wildman–Crippen LogP) is 11.1. The predicted molar refractivity (Wildman–Crippen MR) is 202 cm³/mol. The van der Waals surface area contributed by atoms with Crippen molar-refractivity contribution in [1.82, 2.24) is 9.55 Å². The highest BCUT2D eigenvalue weighted by atomic mass is 16.5. The van der Waals surface area contributed by atoms with Crippen LogP contribution in [0.4, 0.5) is 0 Å². The smallest absolute Gasteiger partial charge is 0.217 e. The van der Waals surface area contributed by atoms with Gasteiger partial charge < -0.3 is 9.47 Å². The third-order valence-electron chi connectivity index (χ3n) is 10.7. The minimum atomic E-state index is -0.223. The Labute approximate surface area is 292 Å². The highest BCUT2D eigenvalue weighted by molar-refractivity contribution is 6.12. The van der Waals surface area contributed by atoms with Gasteiger partial charge in [-0.15, -0.1) is 0 Å². The maximum Gasteiger partial charge on any atom is 0.217 e. The number of ether oxygens (including phenoxy) is 2. The van der Waals surface area contributed by atoms with Gasteiger partial charge >= 0.3 is 0 Å². The summed E-state index contributed by atoms with van der Waals surface area (Å²) in [6, 6.07) is 38.3. The Morgan fingerprint density at radius 2 is 1.38 bits per heavy atom. The summed E-state index contributed by atoms with van der Waals surface area (Å²) >= 11 is 0. The fraction of sp³-hybridized carbons (Fsp3) is 0.200. The van der Waals surface area contributed by atoms with Crippen LogP contribution in [0.1, 0.15) is 76.1 Å². The fourth-order valence-electron chi connectivity index (χ4n) is 8.06. The molecule has 0 N–H and O–H groups in total. The van der Waals surface area contributed by atoms with Crippen molar-refractivity contribution in [2.45, 2.75) is 59.1 Å². The molecule has 0 saturated carbocycles. The molecule has 0 amide bonds. The van der Waals surface area contributed by atoms with Gasteiger partial charge in [0.15, 0.2) is 6.10 Å².